The van der Waals surface area contributed by atoms with E-state index in [-0.39, 0.29) is 17.5 Å². The molecule has 3 heteroatoms. The van der Waals surface area contributed by atoms with Crippen molar-refractivity contribution in [1.82, 2.24) is 0 Å². The zero-order chi connectivity index (χ0) is 22.5. The lowest BCUT2D eigenvalue weighted by molar-refractivity contribution is -0.163. The number of hydrogen-bond donors (Lipinski definition) is 0. The van der Waals surface area contributed by atoms with E-state index in [9.17, 15) is 9.59 Å². The van der Waals surface area contributed by atoms with Gasteiger partial charge in [-0.3, -0.25) is 9.59 Å². The summed E-state index contributed by atoms with van der Waals surface area (Å²) in [5.41, 5.74) is 0.660. The van der Waals surface area contributed by atoms with Crippen LogP contribution in [0.4, 0.5) is 0 Å². The molecule has 0 unspecified atom stereocenters. The van der Waals surface area contributed by atoms with Crippen LogP contribution in [0.1, 0.15) is 117 Å². The summed E-state index contributed by atoms with van der Waals surface area (Å²) < 4.78 is 6.03. The number of hydrogen-bond acceptors (Lipinski definition) is 3. The molecule has 5 fully saturated rings. The third kappa shape index (κ3) is 3.88. The minimum Gasteiger partial charge on any atom is -0.462 e. The summed E-state index contributed by atoms with van der Waals surface area (Å²) in [7, 11) is 0. The third-order valence-corrected chi connectivity index (χ3v) is 11.6. The summed E-state index contributed by atoms with van der Waals surface area (Å²) in [6.07, 6.45) is 18.1. The van der Waals surface area contributed by atoms with E-state index < -0.39 is 0 Å². The van der Waals surface area contributed by atoms with Gasteiger partial charge in [0, 0.05) is 12.3 Å². The van der Waals surface area contributed by atoms with Crippen LogP contribution in [0.5, 0.6) is 0 Å². The van der Waals surface area contributed by atoms with Gasteiger partial charge < -0.3 is 4.74 Å². The monoisotopic (exact) mass is 442 g/mol. The number of fused-ring (bicyclic) bond motifs is 5. The fraction of sp³-hybridized carbons (Fsp3) is 0.931. The number of esters is 1. The summed E-state index contributed by atoms with van der Waals surface area (Å²) in [5, 5.41) is 0. The second-order valence-corrected chi connectivity index (χ2v) is 13.0. The normalized spacial score (nSPS) is 46.2. The van der Waals surface area contributed by atoms with Crippen LogP contribution in [0.3, 0.4) is 0 Å². The molecule has 5 saturated carbocycles. The molecule has 0 spiro atoms. The fourth-order valence-corrected chi connectivity index (χ4v) is 9.86. The van der Waals surface area contributed by atoms with Crippen molar-refractivity contribution in [3.8, 4) is 0 Å². The Kier molecular flexibility index (Phi) is 6.25. The largest absolute Gasteiger partial charge is 0.462 e. The zero-order valence-corrected chi connectivity index (χ0v) is 20.9. The molecule has 5 aliphatic carbocycles. The number of carbonyl (C=O) groups is 2. The quantitative estimate of drug-likeness (QED) is 0.426. The molecule has 3 nitrogen and oxygen atoms in total. The lowest BCUT2D eigenvalue weighted by Gasteiger charge is -2.61. The van der Waals surface area contributed by atoms with E-state index in [1.54, 1.807) is 0 Å². The molecule has 0 saturated heterocycles. The van der Waals surface area contributed by atoms with Crippen LogP contribution >= 0.6 is 0 Å². The molecule has 8 atom stereocenters. The van der Waals surface area contributed by atoms with Gasteiger partial charge in [-0.25, -0.2) is 0 Å². The Morgan fingerprint density at radius 2 is 1.56 bits per heavy atom. The number of ketones is 1. The summed E-state index contributed by atoms with van der Waals surface area (Å²) in [5.74, 6) is 4.64. The highest BCUT2D eigenvalue weighted by molar-refractivity contribution is 5.79. The number of Topliss-reactive ketones (excluding diaryl/α,β-unsaturated/α-hetero) is 1. The molecule has 0 bridgehead atoms. The molecule has 0 aliphatic heterocycles. The molecule has 5 aliphatic rings. The SMILES string of the molecule is CC(=O)[C@H]1CC[C@H]2[C@@H]3CC[C@H]4C[C@@H](OC(=O)CCC5CCCC5)CC[C@]4(C)[C@H]3CC[C@]12C. The molecular weight excluding hydrogens is 396 g/mol. The maximum Gasteiger partial charge on any atom is 0.306 e. The molecular formula is C29H46O3. The van der Waals surface area contributed by atoms with Crippen molar-refractivity contribution in [2.45, 2.75) is 123 Å². The predicted molar refractivity (Wildman–Crippen MR) is 127 cm³/mol. The summed E-state index contributed by atoms with van der Waals surface area (Å²) in [6, 6.07) is 0. The fourth-order valence-electron chi connectivity index (χ4n) is 9.86. The smallest absolute Gasteiger partial charge is 0.306 e. The van der Waals surface area contributed by atoms with Crippen LogP contribution in [0.25, 0.3) is 0 Å². The molecule has 0 N–H and O–H groups in total. The van der Waals surface area contributed by atoms with Gasteiger partial charge in [-0.2, -0.15) is 0 Å². The molecule has 32 heavy (non-hydrogen) atoms. The minimum atomic E-state index is 0.0638. The maximum atomic E-state index is 12.5. The van der Waals surface area contributed by atoms with E-state index in [4.69, 9.17) is 4.74 Å². The van der Waals surface area contributed by atoms with Crippen molar-refractivity contribution >= 4 is 11.8 Å². The first-order chi connectivity index (χ1) is 15.3. The standard InChI is InChI=1S/C29H46O3/c1-19(30)24-11-12-25-23-10-9-21-18-22(32-27(31)13-8-20-6-4-5-7-20)14-16-28(21,2)26(23)15-17-29(24,25)3/h20-26H,4-18H2,1-3H3/t21-,22-,23-,24+,25-,26-,28-,29+/m0/s1. The van der Waals surface area contributed by atoms with Crippen LogP contribution in [-0.4, -0.2) is 17.9 Å². The molecule has 0 aromatic heterocycles. The lowest BCUT2D eigenvalue weighted by atomic mass is 9.44. The molecule has 0 radical (unpaired) electrons. The van der Waals surface area contributed by atoms with Gasteiger partial charge in [-0.05, 0) is 112 Å². The van der Waals surface area contributed by atoms with E-state index in [0.717, 1.165) is 49.4 Å². The average molecular weight is 443 g/mol. The Bertz CT molecular complexity index is 724. The Balaban J connectivity index is 1.19. The lowest BCUT2D eigenvalue weighted by Crippen LogP contribution is -2.54. The molecule has 5 rings (SSSR count). The minimum absolute atomic E-state index is 0.0638. The van der Waals surface area contributed by atoms with Crippen LogP contribution in [0.15, 0.2) is 0 Å². The van der Waals surface area contributed by atoms with Crippen LogP contribution in [-0.2, 0) is 14.3 Å². The Morgan fingerprint density at radius 1 is 0.844 bits per heavy atom. The first-order valence-corrected chi connectivity index (χ1v) is 14.0. The van der Waals surface area contributed by atoms with Gasteiger partial charge in [0.1, 0.15) is 11.9 Å². The number of carbonyl (C=O) groups excluding carboxylic acids is 2. The molecule has 0 aromatic carbocycles. The maximum absolute atomic E-state index is 12.5. The van der Waals surface area contributed by atoms with E-state index in [1.165, 1.54) is 64.2 Å². The van der Waals surface area contributed by atoms with Crippen molar-refractivity contribution < 1.29 is 14.3 Å². The van der Waals surface area contributed by atoms with Gasteiger partial charge in [0.25, 0.3) is 0 Å². The summed E-state index contributed by atoms with van der Waals surface area (Å²) in [6.45, 7) is 6.86. The number of ether oxygens (including phenoxy) is 1. The van der Waals surface area contributed by atoms with Crippen molar-refractivity contribution in [2.24, 2.45) is 46.3 Å². The van der Waals surface area contributed by atoms with E-state index in [0.29, 0.717) is 29.5 Å². The van der Waals surface area contributed by atoms with Crippen LogP contribution < -0.4 is 0 Å². The van der Waals surface area contributed by atoms with Crippen molar-refractivity contribution in [3.05, 3.63) is 0 Å². The molecule has 0 amide bonds. The summed E-state index contributed by atoms with van der Waals surface area (Å²) in [4.78, 5) is 24.9. The van der Waals surface area contributed by atoms with E-state index in [2.05, 4.69) is 13.8 Å². The highest BCUT2D eigenvalue weighted by Crippen LogP contribution is 2.67. The van der Waals surface area contributed by atoms with E-state index >= 15 is 0 Å². The Labute approximate surface area is 195 Å². The summed E-state index contributed by atoms with van der Waals surface area (Å²) >= 11 is 0. The Hall–Kier alpha value is -0.860. The van der Waals surface area contributed by atoms with Crippen molar-refractivity contribution in [2.75, 3.05) is 0 Å². The first-order valence-electron chi connectivity index (χ1n) is 14.0. The average Bonchev–Trinajstić information content (AvgIpc) is 3.39. The van der Waals surface area contributed by atoms with Gasteiger partial charge in [0.15, 0.2) is 0 Å². The van der Waals surface area contributed by atoms with Gasteiger partial charge in [-0.15, -0.1) is 0 Å². The number of rotatable bonds is 5. The zero-order valence-electron chi connectivity index (χ0n) is 20.9. The van der Waals surface area contributed by atoms with Gasteiger partial charge >= 0.3 is 5.97 Å². The molecule has 180 valence electrons. The predicted octanol–water partition coefficient (Wildman–Crippen LogP) is 7.12. The highest BCUT2D eigenvalue weighted by Gasteiger charge is 2.60. The second kappa shape index (κ2) is 8.73. The Morgan fingerprint density at radius 3 is 2.31 bits per heavy atom. The van der Waals surface area contributed by atoms with Gasteiger partial charge in [-0.1, -0.05) is 39.5 Å². The molecule has 0 aromatic rings. The third-order valence-electron chi connectivity index (χ3n) is 11.6. The van der Waals surface area contributed by atoms with Crippen LogP contribution in [0.2, 0.25) is 0 Å². The van der Waals surface area contributed by atoms with Crippen molar-refractivity contribution in [1.29, 1.82) is 0 Å². The van der Waals surface area contributed by atoms with Gasteiger partial charge in [0.05, 0.1) is 0 Å². The highest BCUT2D eigenvalue weighted by atomic mass is 16.5. The second-order valence-electron chi connectivity index (χ2n) is 13.0. The van der Waals surface area contributed by atoms with Crippen LogP contribution in [0, 0.1) is 46.3 Å². The topological polar surface area (TPSA) is 43.4 Å². The van der Waals surface area contributed by atoms with E-state index in [1.807, 2.05) is 6.92 Å². The first kappa shape index (κ1) is 22.9. The van der Waals surface area contributed by atoms with Gasteiger partial charge in [0.2, 0.25) is 0 Å². The molecule has 0 heterocycles. The van der Waals surface area contributed by atoms with Crippen molar-refractivity contribution in [3.63, 3.8) is 0 Å².